The average Bonchev–Trinajstić information content (AvgIpc) is 3.41. The quantitative estimate of drug-likeness (QED) is 0.268. The maximum absolute atomic E-state index is 14.0. The van der Waals surface area contributed by atoms with Crippen LogP contribution in [0.4, 0.5) is 4.39 Å². The fourth-order valence-corrected chi connectivity index (χ4v) is 5.65. The number of ether oxygens (including phenoxy) is 1. The molecule has 6 rings (SSSR count). The molecule has 0 bridgehead atoms. The Kier molecular flexibility index (Phi) is 5.83. The van der Waals surface area contributed by atoms with Crippen molar-refractivity contribution in [2.24, 2.45) is 5.92 Å². The standard InChI is InChI=1S/C29H27FN4O3/c1-16-27(18(3)37-33-16)21-12-26-28(32-14-21)23-15-31-24(17(2)35)13-25(23)34(26)29(20-8-10-36-11-9-20)19-4-6-22(30)7-5-19/h4-7,12-15,20,29H,8-11H2,1-3H3/t29-/m1/s1. The van der Waals surface area contributed by atoms with Crippen molar-refractivity contribution < 1.29 is 18.4 Å². The number of hydrogen-bond acceptors (Lipinski definition) is 6. The second-order valence-electron chi connectivity index (χ2n) is 9.75. The summed E-state index contributed by atoms with van der Waals surface area (Å²) >= 11 is 0. The highest BCUT2D eigenvalue weighted by Gasteiger charge is 2.31. The lowest BCUT2D eigenvalue weighted by atomic mass is 9.86. The van der Waals surface area contributed by atoms with Gasteiger partial charge in [0.2, 0.25) is 0 Å². The number of carbonyl (C=O) groups is 1. The largest absolute Gasteiger partial charge is 0.381 e. The molecule has 0 radical (unpaired) electrons. The van der Waals surface area contributed by atoms with Crippen LogP contribution in [0.15, 0.2) is 53.3 Å². The molecule has 1 saturated heterocycles. The highest BCUT2D eigenvalue weighted by molar-refractivity contribution is 6.08. The number of rotatable bonds is 5. The first kappa shape index (κ1) is 23.5. The molecule has 1 aromatic carbocycles. The van der Waals surface area contributed by atoms with Crippen molar-refractivity contribution in [1.29, 1.82) is 0 Å². The highest BCUT2D eigenvalue weighted by Crippen LogP contribution is 2.41. The molecule has 1 aliphatic heterocycles. The summed E-state index contributed by atoms with van der Waals surface area (Å²) in [5.41, 5.74) is 6.59. The second kappa shape index (κ2) is 9.19. The number of ketones is 1. The molecule has 37 heavy (non-hydrogen) atoms. The zero-order valence-corrected chi connectivity index (χ0v) is 21.0. The first-order chi connectivity index (χ1) is 17.9. The molecular weight excluding hydrogens is 471 g/mol. The molecule has 1 fully saturated rings. The van der Waals surface area contributed by atoms with E-state index in [1.807, 2.05) is 38.2 Å². The zero-order valence-electron chi connectivity index (χ0n) is 21.0. The second-order valence-corrected chi connectivity index (χ2v) is 9.75. The van der Waals surface area contributed by atoms with Gasteiger partial charge in [0.15, 0.2) is 5.78 Å². The summed E-state index contributed by atoms with van der Waals surface area (Å²) in [6, 6.07) is 10.6. The SMILES string of the molecule is CC(=O)c1cc2c(cn1)c1ncc(-c3c(C)noc3C)cc1n2[C@H](c1ccc(F)cc1)C1CCOCC1. The fraction of sp³-hybridized carbons (Fsp3) is 0.310. The van der Waals surface area contributed by atoms with Crippen molar-refractivity contribution in [1.82, 2.24) is 19.7 Å². The molecule has 8 heteroatoms. The van der Waals surface area contributed by atoms with Gasteiger partial charge in [-0.25, -0.2) is 4.39 Å². The Morgan fingerprint density at radius 1 is 1.05 bits per heavy atom. The van der Waals surface area contributed by atoms with Crippen molar-refractivity contribution in [3.05, 3.63) is 77.3 Å². The van der Waals surface area contributed by atoms with Crippen LogP contribution in [0.3, 0.4) is 0 Å². The van der Waals surface area contributed by atoms with Gasteiger partial charge in [-0.1, -0.05) is 17.3 Å². The van der Waals surface area contributed by atoms with E-state index >= 15 is 0 Å². The van der Waals surface area contributed by atoms with E-state index < -0.39 is 0 Å². The van der Waals surface area contributed by atoms with Crippen LogP contribution in [0.5, 0.6) is 0 Å². The molecule has 0 N–H and O–H groups in total. The smallest absolute Gasteiger partial charge is 0.178 e. The predicted octanol–water partition coefficient (Wildman–Crippen LogP) is 6.21. The van der Waals surface area contributed by atoms with Crippen molar-refractivity contribution in [3.8, 4) is 11.1 Å². The van der Waals surface area contributed by atoms with Crippen LogP contribution in [-0.2, 0) is 4.74 Å². The Morgan fingerprint density at radius 3 is 2.49 bits per heavy atom. The van der Waals surface area contributed by atoms with Gasteiger partial charge in [0.05, 0.1) is 28.3 Å². The Labute approximate surface area is 213 Å². The Bertz CT molecular complexity index is 1610. The minimum Gasteiger partial charge on any atom is -0.381 e. The van der Waals surface area contributed by atoms with Crippen LogP contribution in [0.25, 0.3) is 33.1 Å². The molecule has 4 aromatic heterocycles. The summed E-state index contributed by atoms with van der Waals surface area (Å²) in [6.45, 7) is 6.66. The van der Waals surface area contributed by atoms with Gasteiger partial charge >= 0.3 is 0 Å². The van der Waals surface area contributed by atoms with E-state index in [1.165, 1.54) is 19.1 Å². The molecule has 0 aliphatic carbocycles. The third-order valence-electron chi connectivity index (χ3n) is 7.41. The molecule has 1 atom stereocenters. The van der Waals surface area contributed by atoms with E-state index in [9.17, 15) is 9.18 Å². The fourth-order valence-electron chi connectivity index (χ4n) is 5.65. The van der Waals surface area contributed by atoms with Crippen molar-refractivity contribution in [3.63, 3.8) is 0 Å². The molecule has 7 nitrogen and oxygen atoms in total. The van der Waals surface area contributed by atoms with Crippen LogP contribution < -0.4 is 0 Å². The summed E-state index contributed by atoms with van der Waals surface area (Å²) < 4.78 is 27.4. The number of benzene rings is 1. The molecule has 188 valence electrons. The topological polar surface area (TPSA) is 83.0 Å². The van der Waals surface area contributed by atoms with Crippen molar-refractivity contribution in [2.45, 2.75) is 39.7 Å². The van der Waals surface area contributed by atoms with E-state index in [1.54, 1.807) is 6.20 Å². The van der Waals surface area contributed by atoms with Gasteiger partial charge in [-0.3, -0.25) is 14.8 Å². The number of halogens is 1. The third-order valence-corrected chi connectivity index (χ3v) is 7.41. The van der Waals surface area contributed by atoms with E-state index in [-0.39, 0.29) is 23.6 Å². The lowest BCUT2D eigenvalue weighted by molar-refractivity contribution is 0.0552. The maximum Gasteiger partial charge on any atom is 0.178 e. The van der Waals surface area contributed by atoms with Crippen LogP contribution in [0, 0.1) is 25.6 Å². The first-order valence-electron chi connectivity index (χ1n) is 12.5. The van der Waals surface area contributed by atoms with E-state index in [4.69, 9.17) is 14.2 Å². The molecule has 5 aromatic rings. The first-order valence-corrected chi connectivity index (χ1v) is 12.5. The molecular formula is C29H27FN4O3. The van der Waals surface area contributed by atoms with Crippen molar-refractivity contribution in [2.75, 3.05) is 13.2 Å². The molecule has 5 heterocycles. The van der Waals surface area contributed by atoms with Crippen LogP contribution in [-0.4, -0.2) is 38.7 Å². The summed E-state index contributed by atoms with van der Waals surface area (Å²) in [4.78, 5) is 21.6. The third kappa shape index (κ3) is 4.01. The molecule has 0 spiro atoms. The van der Waals surface area contributed by atoms with E-state index in [2.05, 4.69) is 20.8 Å². The average molecular weight is 499 g/mol. The van der Waals surface area contributed by atoms with Gasteiger partial charge in [0.1, 0.15) is 17.3 Å². The minimum absolute atomic E-state index is 0.104. The maximum atomic E-state index is 14.0. The minimum atomic E-state index is -0.276. The predicted molar refractivity (Wildman–Crippen MR) is 138 cm³/mol. The number of pyridine rings is 2. The van der Waals surface area contributed by atoms with Crippen LogP contribution >= 0.6 is 0 Å². The number of fused-ring (bicyclic) bond motifs is 3. The van der Waals surface area contributed by atoms with Gasteiger partial charge in [-0.15, -0.1) is 0 Å². The summed E-state index contributed by atoms with van der Waals surface area (Å²) in [5.74, 6) is 0.589. The summed E-state index contributed by atoms with van der Waals surface area (Å²) in [7, 11) is 0. The van der Waals surface area contributed by atoms with Crippen LogP contribution in [0.1, 0.15) is 53.3 Å². The molecule has 0 unspecified atom stereocenters. The Hall–Kier alpha value is -3.91. The van der Waals surface area contributed by atoms with Gasteiger partial charge in [-0.05, 0) is 62.4 Å². The van der Waals surface area contributed by atoms with Gasteiger partial charge in [-0.2, -0.15) is 0 Å². The van der Waals surface area contributed by atoms with Gasteiger partial charge in [0.25, 0.3) is 0 Å². The summed E-state index contributed by atoms with van der Waals surface area (Å²) in [6.07, 6.45) is 5.30. The van der Waals surface area contributed by atoms with Crippen molar-refractivity contribution >= 4 is 27.7 Å². The molecule has 0 saturated carbocycles. The monoisotopic (exact) mass is 498 g/mol. The van der Waals surface area contributed by atoms with Gasteiger partial charge < -0.3 is 13.8 Å². The van der Waals surface area contributed by atoms with Gasteiger partial charge in [0, 0.05) is 49.0 Å². The normalized spacial score (nSPS) is 15.5. The van der Waals surface area contributed by atoms with Crippen LogP contribution in [0.2, 0.25) is 0 Å². The van der Waals surface area contributed by atoms with E-state index in [0.29, 0.717) is 18.9 Å². The number of Topliss-reactive ketones (excluding diaryl/α,β-unsaturated/α-hetero) is 1. The Morgan fingerprint density at radius 2 is 1.81 bits per heavy atom. The number of nitrogens with zero attached hydrogens (tertiary/aromatic N) is 4. The highest BCUT2D eigenvalue weighted by atomic mass is 19.1. The molecule has 1 aliphatic rings. The lowest BCUT2D eigenvalue weighted by Gasteiger charge is -2.33. The number of hydrogen-bond donors (Lipinski definition) is 0. The Balaban J connectivity index is 1.69. The van der Waals surface area contributed by atoms with E-state index in [0.717, 1.165) is 62.9 Å². The zero-order chi connectivity index (χ0) is 25.7. The number of aromatic nitrogens is 4. The number of carbonyl (C=O) groups excluding carboxylic acids is 1. The lowest BCUT2D eigenvalue weighted by Crippen LogP contribution is -2.27. The summed E-state index contributed by atoms with van der Waals surface area (Å²) in [5, 5.41) is 4.99. The number of aryl methyl sites for hydroxylation is 2. The molecule has 0 amide bonds.